The molecule has 21 heavy (non-hydrogen) atoms. The Bertz CT molecular complexity index is 736. The van der Waals surface area contributed by atoms with Crippen LogP contribution in [0.4, 0.5) is 5.13 Å². The summed E-state index contributed by atoms with van der Waals surface area (Å²) in [5.41, 5.74) is 6.74. The van der Waals surface area contributed by atoms with Crippen LogP contribution in [0.15, 0.2) is 34.5 Å². The minimum Gasteiger partial charge on any atom is -0.375 e. The van der Waals surface area contributed by atoms with Gasteiger partial charge in [0.25, 0.3) is 0 Å². The molecule has 1 heterocycles. The number of hydrogen-bond acceptors (Lipinski definition) is 6. The molecule has 0 bridgehead atoms. The molecule has 1 aromatic carbocycles. The van der Waals surface area contributed by atoms with Gasteiger partial charge in [0.1, 0.15) is 0 Å². The van der Waals surface area contributed by atoms with Crippen molar-refractivity contribution >= 4 is 32.3 Å². The van der Waals surface area contributed by atoms with E-state index >= 15 is 0 Å². The number of rotatable bonds is 6. The first kappa shape index (κ1) is 15.6. The van der Waals surface area contributed by atoms with E-state index in [9.17, 15) is 13.2 Å². The van der Waals surface area contributed by atoms with Crippen LogP contribution in [0, 0.1) is 0 Å². The molecule has 0 spiro atoms. The number of nitrogen functional groups attached to an aromatic ring is 1. The van der Waals surface area contributed by atoms with Gasteiger partial charge in [0, 0.05) is 23.9 Å². The average Bonchev–Trinajstić information content (AvgIpc) is 2.84. The molecular weight excluding hydrogens is 310 g/mol. The smallest absolute Gasteiger partial charge is 0.240 e. The van der Waals surface area contributed by atoms with E-state index in [1.54, 1.807) is 5.38 Å². The van der Waals surface area contributed by atoms with Gasteiger partial charge in [-0.1, -0.05) is 12.1 Å². The van der Waals surface area contributed by atoms with Gasteiger partial charge in [0.05, 0.1) is 10.6 Å². The number of sulfonamides is 1. The van der Waals surface area contributed by atoms with Crippen molar-refractivity contribution in [1.82, 2.24) is 9.71 Å². The Hall–Kier alpha value is -1.77. The standard InChI is InChI=1S/C13H15N3O3S2/c1-9(17)10-2-4-12(5-3-10)21(18,19)15-7-6-11-8-20-13(14)16-11/h2-5,8,15H,6-7H2,1H3,(H2,14,16). The minimum atomic E-state index is -3.58. The normalized spacial score (nSPS) is 11.5. The van der Waals surface area contributed by atoms with E-state index in [1.807, 2.05) is 0 Å². The molecule has 6 nitrogen and oxygen atoms in total. The van der Waals surface area contributed by atoms with Gasteiger partial charge in [0.15, 0.2) is 10.9 Å². The highest BCUT2D eigenvalue weighted by atomic mass is 32.2. The van der Waals surface area contributed by atoms with Gasteiger partial charge in [-0.2, -0.15) is 0 Å². The summed E-state index contributed by atoms with van der Waals surface area (Å²) in [6.07, 6.45) is 0.471. The predicted octanol–water partition coefficient (Wildman–Crippen LogP) is 1.45. The Kier molecular flexibility index (Phi) is 4.71. The number of anilines is 1. The van der Waals surface area contributed by atoms with Crippen LogP contribution < -0.4 is 10.5 Å². The zero-order valence-electron chi connectivity index (χ0n) is 11.4. The van der Waals surface area contributed by atoms with Gasteiger partial charge < -0.3 is 5.73 Å². The second-order valence-corrected chi connectivity index (χ2v) is 7.06. The van der Waals surface area contributed by atoms with Crippen LogP contribution in [0.3, 0.4) is 0 Å². The van der Waals surface area contributed by atoms with Crippen molar-refractivity contribution in [1.29, 1.82) is 0 Å². The van der Waals surface area contributed by atoms with Crippen LogP contribution in [0.5, 0.6) is 0 Å². The molecule has 2 aromatic rings. The number of thiazole rings is 1. The molecule has 112 valence electrons. The van der Waals surface area contributed by atoms with Crippen molar-refractivity contribution in [2.24, 2.45) is 0 Å². The fourth-order valence-corrected chi connectivity index (χ4v) is 3.33. The van der Waals surface area contributed by atoms with Crippen molar-refractivity contribution in [2.45, 2.75) is 18.2 Å². The lowest BCUT2D eigenvalue weighted by molar-refractivity contribution is 0.101. The summed E-state index contributed by atoms with van der Waals surface area (Å²) in [6, 6.07) is 5.83. The first-order valence-corrected chi connectivity index (χ1v) is 8.55. The highest BCUT2D eigenvalue weighted by molar-refractivity contribution is 7.89. The van der Waals surface area contributed by atoms with Crippen molar-refractivity contribution in [3.8, 4) is 0 Å². The molecule has 0 amide bonds. The van der Waals surface area contributed by atoms with Crippen LogP contribution in [-0.4, -0.2) is 25.7 Å². The lowest BCUT2D eigenvalue weighted by Crippen LogP contribution is -2.26. The Morgan fingerprint density at radius 3 is 2.52 bits per heavy atom. The van der Waals surface area contributed by atoms with E-state index in [-0.39, 0.29) is 17.2 Å². The summed E-state index contributed by atoms with van der Waals surface area (Å²) >= 11 is 1.32. The third-order valence-corrected chi connectivity index (χ3v) is 5.01. The first-order chi connectivity index (χ1) is 9.88. The van der Waals surface area contributed by atoms with E-state index in [0.29, 0.717) is 17.1 Å². The molecule has 0 atom stereocenters. The largest absolute Gasteiger partial charge is 0.375 e. The highest BCUT2D eigenvalue weighted by Crippen LogP contribution is 2.13. The molecule has 0 radical (unpaired) electrons. The van der Waals surface area contributed by atoms with Gasteiger partial charge in [-0.25, -0.2) is 18.1 Å². The van der Waals surface area contributed by atoms with Crippen molar-refractivity contribution in [3.63, 3.8) is 0 Å². The fraction of sp³-hybridized carbons (Fsp3) is 0.231. The molecule has 0 aliphatic rings. The fourth-order valence-electron chi connectivity index (χ4n) is 1.70. The lowest BCUT2D eigenvalue weighted by atomic mass is 10.2. The van der Waals surface area contributed by atoms with Crippen LogP contribution in [-0.2, 0) is 16.4 Å². The number of hydrogen-bond donors (Lipinski definition) is 2. The van der Waals surface area contributed by atoms with Crippen LogP contribution >= 0.6 is 11.3 Å². The summed E-state index contributed by atoms with van der Waals surface area (Å²) in [5, 5.41) is 2.26. The van der Waals surface area contributed by atoms with Crippen molar-refractivity contribution in [3.05, 3.63) is 40.9 Å². The van der Waals surface area contributed by atoms with Gasteiger partial charge in [-0.05, 0) is 19.1 Å². The van der Waals surface area contributed by atoms with Crippen molar-refractivity contribution < 1.29 is 13.2 Å². The molecule has 0 saturated heterocycles. The minimum absolute atomic E-state index is 0.104. The van der Waals surface area contributed by atoms with E-state index in [2.05, 4.69) is 9.71 Å². The zero-order valence-corrected chi connectivity index (χ0v) is 13.0. The molecule has 0 aliphatic heterocycles. The molecule has 8 heteroatoms. The Morgan fingerprint density at radius 2 is 2.00 bits per heavy atom. The zero-order chi connectivity index (χ0) is 15.5. The predicted molar refractivity (Wildman–Crippen MR) is 81.9 cm³/mol. The monoisotopic (exact) mass is 325 g/mol. The number of aromatic nitrogens is 1. The van der Waals surface area contributed by atoms with E-state index < -0.39 is 10.0 Å². The van der Waals surface area contributed by atoms with Crippen LogP contribution in [0.2, 0.25) is 0 Å². The Labute approximate surface area is 127 Å². The number of ketones is 1. The van der Waals surface area contributed by atoms with Gasteiger partial charge >= 0.3 is 0 Å². The molecular formula is C13H15N3O3S2. The molecule has 0 unspecified atom stereocenters. The first-order valence-electron chi connectivity index (χ1n) is 6.19. The number of carbonyl (C=O) groups is 1. The highest BCUT2D eigenvalue weighted by Gasteiger charge is 2.14. The molecule has 3 N–H and O–H groups in total. The van der Waals surface area contributed by atoms with E-state index in [1.165, 1.54) is 42.5 Å². The number of benzene rings is 1. The maximum Gasteiger partial charge on any atom is 0.240 e. The lowest BCUT2D eigenvalue weighted by Gasteiger charge is -2.06. The van der Waals surface area contributed by atoms with Gasteiger partial charge in [-0.15, -0.1) is 11.3 Å². The number of carbonyl (C=O) groups excluding carboxylic acids is 1. The van der Waals surface area contributed by atoms with Gasteiger partial charge in [-0.3, -0.25) is 4.79 Å². The second kappa shape index (κ2) is 6.33. The van der Waals surface area contributed by atoms with Gasteiger partial charge in [0.2, 0.25) is 10.0 Å². The second-order valence-electron chi connectivity index (χ2n) is 4.41. The SMILES string of the molecule is CC(=O)c1ccc(S(=O)(=O)NCCc2csc(N)n2)cc1. The number of nitrogens with one attached hydrogen (secondary N) is 1. The molecule has 0 aliphatic carbocycles. The van der Waals surface area contributed by atoms with Crippen LogP contribution in [0.1, 0.15) is 23.0 Å². The summed E-state index contributed by atoms with van der Waals surface area (Å²) < 4.78 is 26.6. The maximum atomic E-state index is 12.1. The summed E-state index contributed by atoms with van der Waals surface area (Å²) in [4.78, 5) is 15.3. The molecule has 0 fully saturated rings. The van der Waals surface area contributed by atoms with Crippen LogP contribution in [0.25, 0.3) is 0 Å². The quantitative estimate of drug-likeness (QED) is 0.783. The van der Waals surface area contributed by atoms with E-state index in [0.717, 1.165) is 5.69 Å². The number of Topliss-reactive ketones (excluding diaryl/α,β-unsaturated/α-hetero) is 1. The Morgan fingerprint density at radius 1 is 1.33 bits per heavy atom. The summed E-state index contributed by atoms with van der Waals surface area (Å²) in [6.45, 7) is 1.67. The third-order valence-electron chi connectivity index (χ3n) is 2.81. The van der Waals surface area contributed by atoms with E-state index in [4.69, 9.17) is 5.73 Å². The molecule has 1 aromatic heterocycles. The molecule has 2 rings (SSSR count). The maximum absolute atomic E-state index is 12.1. The topological polar surface area (TPSA) is 102 Å². The Balaban J connectivity index is 1.99. The van der Waals surface area contributed by atoms with Crippen molar-refractivity contribution in [2.75, 3.05) is 12.3 Å². The number of nitrogens with zero attached hydrogens (tertiary/aromatic N) is 1. The third kappa shape index (κ3) is 4.10. The molecule has 0 saturated carbocycles. The average molecular weight is 325 g/mol. The summed E-state index contributed by atoms with van der Waals surface area (Å²) in [7, 11) is -3.58. The number of nitrogens with two attached hydrogens (primary N) is 1. The summed E-state index contributed by atoms with van der Waals surface area (Å²) in [5.74, 6) is -0.104.